The molecule has 2 N–H and O–H groups in total. The number of hydrogen-bond donors (Lipinski definition) is 2. The molecule has 1 aliphatic rings. The summed E-state index contributed by atoms with van der Waals surface area (Å²) in [5.74, 6) is -2.95. The molecule has 0 radical (unpaired) electrons. The number of halogens is 3. The van der Waals surface area contributed by atoms with Gasteiger partial charge in [0.2, 0.25) is 0 Å². The first-order valence-corrected chi connectivity index (χ1v) is 7.75. The molecule has 0 aliphatic carbocycles. The lowest BCUT2D eigenvalue weighted by molar-refractivity contribution is 0.0310. The Morgan fingerprint density at radius 3 is 2.52 bits per heavy atom. The van der Waals surface area contributed by atoms with Crippen LogP contribution in [0.3, 0.4) is 0 Å². The maximum Gasteiger partial charge on any atom is 0.161 e. The molecule has 0 aromatic heterocycles. The molecular weight excluding hydrogens is 309 g/mol. The predicted octanol–water partition coefficient (Wildman–Crippen LogP) is 1.67. The molecular formula is C16H23F3N2O2. The quantitative estimate of drug-likeness (QED) is 0.746. The van der Waals surface area contributed by atoms with E-state index in [1.165, 1.54) is 0 Å². The second-order valence-corrected chi connectivity index (χ2v) is 5.92. The van der Waals surface area contributed by atoms with Crippen molar-refractivity contribution in [2.75, 3.05) is 33.4 Å². The summed E-state index contributed by atoms with van der Waals surface area (Å²) in [5.41, 5.74) is 0.127. The van der Waals surface area contributed by atoms with E-state index in [1.807, 2.05) is 0 Å². The number of aliphatic hydroxyl groups excluding tert-OH is 1. The Labute approximate surface area is 134 Å². The number of rotatable bonds is 7. The molecule has 1 saturated heterocycles. The molecule has 1 atom stereocenters. The van der Waals surface area contributed by atoms with Gasteiger partial charge in [0.25, 0.3) is 0 Å². The molecule has 1 unspecified atom stereocenters. The number of piperidine rings is 1. The first-order chi connectivity index (χ1) is 11.0. The summed E-state index contributed by atoms with van der Waals surface area (Å²) in [7, 11) is 1.55. The first-order valence-electron chi connectivity index (χ1n) is 7.75. The molecule has 1 aromatic rings. The van der Waals surface area contributed by atoms with Gasteiger partial charge in [-0.3, -0.25) is 0 Å². The molecule has 4 nitrogen and oxygen atoms in total. The Bertz CT molecular complexity index is 508. The number of hydrogen-bond acceptors (Lipinski definition) is 4. The van der Waals surface area contributed by atoms with Crippen LogP contribution in [-0.4, -0.2) is 55.5 Å². The monoisotopic (exact) mass is 332 g/mol. The highest BCUT2D eigenvalue weighted by molar-refractivity contribution is 5.20. The van der Waals surface area contributed by atoms with Gasteiger partial charge in [-0.2, -0.15) is 0 Å². The fourth-order valence-electron chi connectivity index (χ4n) is 2.82. The highest BCUT2D eigenvalue weighted by Gasteiger charge is 2.21. The Morgan fingerprint density at radius 2 is 1.87 bits per heavy atom. The molecule has 23 heavy (non-hydrogen) atoms. The second kappa shape index (κ2) is 8.63. The van der Waals surface area contributed by atoms with Crippen molar-refractivity contribution in [3.63, 3.8) is 0 Å². The van der Waals surface area contributed by atoms with Gasteiger partial charge in [-0.05, 0) is 32.0 Å². The number of nitrogens with zero attached hydrogens (tertiary/aromatic N) is 1. The Hall–Kier alpha value is -1.15. The van der Waals surface area contributed by atoms with Crippen molar-refractivity contribution in [2.24, 2.45) is 0 Å². The zero-order valence-electron chi connectivity index (χ0n) is 13.2. The highest BCUT2D eigenvalue weighted by atomic mass is 19.2. The summed E-state index contributed by atoms with van der Waals surface area (Å²) in [5, 5.41) is 12.9. The number of methoxy groups -OCH3 is 1. The van der Waals surface area contributed by atoms with Crippen LogP contribution in [-0.2, 0) is 11.3 Å². The Kier molecular flexibility index (Phi) is 6.83. The van der Waals surface area contributed by atoms with E-state index in [0.29, 0.717) is 19.2 Å². The highest BCUT2D eigenvalue weighted by Crippen LogP contribution is 2.16. The first kappa shape index (κ1) is 18.2. The summed E-state index contributed by atoms with van der Waals surface area (Å²) in [6.07, 6.45) is 1.21. The molecule has 2 rings (SSSR count). The lowest BCUT2D eigenvalue weighted by Crippen LogP contribution is -2.45. The summed E-state index contributed by atoms with van der Waals surface area (Å²) >= 11 is 0. The number of benzene rings is 1. The van der Waals surface area contributed by atoms with Crippen molar-refractivity contribution < 1.29 is 23.0 Å². The number of ether oxygens (including phenoxy) is 1. The molecule has 1 heterocycles. The minimum atomic E-state index is -1.17. The smallest absolute Gasteiger partial charge is 0.161 e. The van der Waals surface area contributed by atoms with Crippen LogP contribution in [0.15, 0.2) is 12.1 Å². The summed E-state index contributed by atoms with van der Waals surface area (Å²) in [6.45, 7) is 2.68. The van der Waals surface area contributed by atoms with E-state index < -0.39 is 23.6 Å². The van der Waals surface area contributed by atoms with E-state index in [9.17, 15) is 18.3 Å². The number of β-amino-alcohol motifs (C(OH)–C–C–N with tert-alkyl or cyclic N) is 1. The SMILES string of the molecule is COCC(O)CN1CCC(NCc2cc(F)c(F)cc2F)CC1. The zero-order valence-corrected chi connectivity index (χ0v) is 13.2. The number of aliphatic hydroxyl groups is 1. The average molecular weight is 332 g/mol. The topological polar surface area (TPSA) is 44.7 Å². The summed E-state index contributed by atoms with van der Waals surface area (Å²) < 4.78 is 44.5. The van der Waals surface area contributed by atoms with Crippen LogP contribution in [0.1, 0.15) is 18.4 Å². The molecule has 1 fully saturated rings. The van der Waals surface area contributed by atoms with Gasteiger partial charge < -0.3 is 20.1 Å². The molecule has 0 spiro atoms. The van der Waals surface area contributed by atoms with Gasteiger partial charge in [-0.25, -0.2) is 13.2 Å². The van der Waals surface area contributed by atoms with E-state index in [1.54, 1.807) is 7.11 Å². The lowest BCUT2D eigenvalue weighted by Gasteiger charge is -2.33. The van der Waals surface area contributed by atoms with Crippen molar-refractivity contribution in [1.82, 2.24) is 10.2 Å². The van der Waals surface area contributed by atoms with Crippen LogP contribution in [0.4, 0.5) is 13.2 Å². The van der Waals surface area contributed by atoms with Crippen molar-refractivity contribution in [3.05, 3.63) is 35.1 Å². The largest absolute Gasteiger partial charge is 0.389 e. The van der Waals surface area contributed by atoms with E-state index >= 15 is 0 Å². The van der Waals surface area contributed by atoms with Gasteiger partial charge in [0.1, 0.15) is 5.82 Å². The van der Waals surface area contributed by atoms with E-state index in [0.717, 1.165) is 32.0 Å². The van der Waals surface area contributed by atoms with E-state index in [2.05, 4.69) is 10.2 Å². The molecule has 7 heteroatoms. The van der Waals surface area contributed by atoms with Gasteiger partial charge in [0.15, 0.2) is 11.6 Å². The standard InChI is InChI=1S/C16H23F3N2O2/c1-23-10-13(22)9-21-4-2-12(3-5-21)20-8-11-6-15(18)16(19)7-14(11)17/h6-7,12-13,20,22H,2-5,8-10H2,1H3. The van der Waals surface area contributed by atoms with Crippen LogP contribution < -0.4 is 5.32 Å². The van der Waals surface area contributed by atoms with Crippen LogP contribution in [0.5, 0.6) is 0 Å². The normalized spacial score (nSPS) is 18.3. The third-order valence-electron chi connectivity index (χ3n) is 4.09. The number of likely N-dealkylation sites (tertiary alicyclic amines) is 1. The molecule has 0 bridgehead atoms. The third kappa shape index (κ3) is 5.46. The van der Waals surface area contributed by atoms with Gasteiger partial charge in [-0.15, -0.1) is 0 Å². The van der Waals surface area contributed by atoms with E-state index in [-0.39, 0.29) is 18.2 Å². The fraction of sp³-hybridized carbons (Fsp3) is 0.625. The molecule has 0 amide bonds. The summed E-state index contributed by atoms with van der Waals surface area (Å²) in [4.78, 5) is 2.15. The minimum Gasteiger partial charge on any atom is -0.389 e. The van der Waals surface area contributed by atoms with Gasteiger partial charge in [0, 0.05) is 37.9 Å². The van der Waals surface area contributed by atoms with Crippen LogP contribution in [0.25, 0.3) is 0 Å². The van der Waals surface area contributed by atoms with Crippen LogP contribution in [0.2, 0.25) is 0 Å². The fourth-order valence-corrected chi connectivity index (χ4v) is 2.82. The van der Waals surface area contributed by atoms with Crippen molar-refractivity contribution in [1.29, 1.82) is 0 Å². The maximum atomic E-state index is 13.6. The number of nitrogens with one attached hydrogen (secondary N) is 1. The van der Waals surface area contributed by atoms with Gasteiger partial charge in [0.05, 0.1) is 12.7 Å². The molecule has 1 aliphatic heterocycles. The van der Waals surface area contributed by atoms with Gasteiger partial charge >= 0.3 is 0 Å². The zero-order chi connectivity index (χ0) is 16.8. The van der Waals surface area contributed by atoms with Gasteiger partial charge in [-0.1, -0.05) is 0 Å². The predicted molar refractivity (Wildman–Crippen MR) is 80.5 cm³/mol. The minimum absolute atomic E-state index is 0.127. The van der Waals surface area contributed by atoms with Crippen LogP contribution in [0, 0.1) is 17.5 Å². The third-order valence-corrected chi connectivity index (χ3v) is 4.09. The van der Waals surface area contributed by atoms with E-state index in [4.69, 9.17) is 4.74 Å². The molecule has 1 aromatic carbocycles. The van der Waals surface area contributed by atoms with Crippen molar-refractivity contribution in [2.45, 2.75) is 31.5 Å². The summed E-state index contributed by atoms with van der Waals surface area (Å²) in [6, 6.07) is 1.67. The lowest BCUT2D eigenvalue weighted by atomic mass is 10.0. The Morgan fingerprint density at radius 1 is 1.22 bits per heavy atom. The van der Waals surface area contributed by atoms with Crippen molar-refractivity contribution >= 4 is 0 Å². The van der Waals surface area contributed by atoms with Crippen LogP contribution >= 0.6 is 0 Å². The average Bonchev–Trinajstić information content (AvgIpc) is 2.51. The Balaban J connectivity index is 1.76. The molecule has 130 valence electrons. The second-order valence-electron chi connectivity index (χ2n) is 5.92. The maximum absolute atomic E-state index is 13.6. The van der Waals surface area contributed by atoms with Crippen molar-refractivity contribution in [3.8, 4) is 0 Å². The molecule has 0 saturated carbocycles.